The highest BCUT2D eigenvalue weighted by atomic mass is 32.1. The Morgan fingerprint density at radius 2 is 1.61 bits per heavy atom. The number of rotatable bonds is 25. The van der Waals surface area contributed by atoms with Gasteiger partial charge in [-0.3, -0.25) is 24.2 Å². The number of imidazole rings is 2. The first kappa shape index (κ1) is 53.5. The Labute approximate surface area is 423 Å². The van der Waals surface area contributed by atoms with E-state index in [1.165, 1.54) is 10.5 Å². The molecule has 1 fully saturated rings. The van der Waals surface area contributed by atoms with Crippen molar-refractivity contribution in [3.05, 3.63) is 119 Å². The van der Waals surface area contributed by atoms with Crippen LogP contribution >= 0.6 is 12.6 Å². The lowest BCUT2D eigenvalue weighted by atomic mass is 9.93. The number of hydrogen-bond donors (Lipinski definition) is 6. The van der Waals surface area contributed by atoms with Crippen LogP contribution in [0.4, 0.5) is 5.95 Å². The van der Waals surface area contributed by atoms with E-state index in [-0.39, 0.29) is 24.9 Å². The average Bonchev–Trinajstić information content (AvgIpc) is 4.06. The molecule has 378 valence electrons. The second-order valence-corrected chi connectivity index (χ2v) is 20.0. The molecule has 0 spiro atoms. The number of nitrogens with one attached hydrogen (secondary N) is 4. The number of primary amides is 1. The minimum atomic E-state index is -0.562. The number of ether oxygens (including phenoxy) is 1. The Morgan fingerprint density at radius 1 is 0.944 bits per heavy atom. The molecule has 4 heterocycles. The largest absolute Gasteiger partial charge is 0.496 e. The van der Waals surface area contributed by atoms with Gasteiger partial charge in [0.25, 0.3) is 0 Å². The van der Waals surface area contributed by atoms with Gasteiger partial charge in [-0.05, 0) is 93.8 Å². The number of benzene rings is 2. The Bertz CT molecular complexity index is 2890. The van der Waals surface area contributed by atoms with Crippen molar-refractivity contribution >= 4 is 75.7 Å². The van der Waals surface area contributed by atoms with E-state index in [4.69, 9.17) is 25.4 Å². The van der Waals surface area contributed by atoms with Crippen molar-refractivity contribution in [2.75, 3.05) is 32.1 Å². The van der Waals surface area contributed by atoms with Gasteiger partial charge in [-0.2, -0.15) is 12.6 Å². The lowest BCUT2D eigenvalue weighted by molar-refractivity contribution is -0.135. The van der Waals surface area contributed by atoms with Crippen molar-refractivity contribution in [2.45, 2.75) is 117 Å². The highest BCUT2D eigenvalue weighted by Gasteiger charge is 2.42. The molecule has 16 nitrogen and oxygen atoms in total. The first-order valence-electron chi connectivity index (χ1n) is 24.3. The topological polar surface area (TPSA) is 203 Å². The van der Waals surface area contributed by atoms with Gasteiger partial charge in [0.1, 0.15) is 18.1 Å². The summed E-state index contributed by atoms with van der Waals surface area (Å²) < 4.78 is 9.77. The number of carbonyl (C=O) groups is 4. The maximum absolute atomic E-state index is 12.9. The van der Waals surface area contributed by atoms with Crippen molar-refractivity contribution in [3.8, 4) is 0 Å². The molecule has 4 amide bonds. The number of allylic oxidation sites excluding steroid dienone is 5. The fraction of sp³-hybridized carbons (Fsp3) is 0.426. The van der Waals surface area contributed by atoms with Crippen LogP contribution in [0, 0.1) is 12.8 Å². The lowest BCUT2D eigenvalue weighted by Crippen LogP contribution is -2.45. The molecule has 0 radical (unpaired) electrons. The molecule has 0 aliphatic carbocycles. The summed E-state index contributed by atoms with van der Waals surface area (Å²) in [6.45, 7) is 31.2. The number of anilines is 1. The van der Waals surface area contributed by atoms with Gasteiger partial charge in [-0.1, -0.05) is 66.2 Å². The summed E-state index contributed by atoms with van der Waals surface area (Å²) in [6.07, 6.45) is 8.90. The number of fused-ring (bicyclic) bond motifs is 2. The molecular weight excluding hydrogens is 915 g/mol. The van der Waals surface area contributed by atoms with Gasteiger partial charge in [-0.15, -0.1) is 0 Å². The second kappa shape index (κ2) is 22.9. The van der Waals surface area contributed by atoms with E-state index in [1.54, 1.807) is 13.0 Å². The summed E-state index contributed by atoms with van der Waals surface area (Å²) in [4.78, 5) is 67.2. The van der Waals surface area contributed by atoms with E-state index < -0.39 is 28.5 Å². The number of amides is 4. The van der Waals surface area contributed by atoms with Crippen molar-refractivity contribution in [1.29, 1.82) is 0 Å². The molecule has 6 N–H and O–H groups in total. The summed E-state index contributed by atoms with van der Waals surface area (Å²) in [7, 11) is 1.87. The minimum Gasteiger partial charge on any atom is -0.496 e. The number of carbonyl (C=O) groups excluding carboxylic acids is 4. The number of likely N-dealkylation sites (tertiary alicyclic amines) is 1. The molecule has 6 rings (SSSR count). The monoisotopic (exact) mass is 986 g/mol. The van der Waals surface area contributed by atoms with Gasteiger partial charge in [0.2, 0.25) is 29.6 Å². The molecule has 4 aromatic rings. The number of aromatic nitrogens is 4. The zero-order valence-electron chi connectivity index (χ0n) is 42.7. The van der Waals surface area contributed by atoms with Gasteiger partial charge >= 0.3 is 0 Å². The lowest BCUT2D eigenvalue weighted by Gasteiger charge is -2.24. The summed E-state index contributed by atoms with van der Waals surface area (Å²) in [5, 5.41) is 12.1. The Balaban J connectivity index is 1.13. The normalized spacial score (nSPS) is 15.5. The van der Waals surface area contributed by atoms with Crippen LogP contribution in [0.25, 0.3) is 27.8 Å². The van der Waals surface area contributed by atoms with Gasteiger partial charge in [0.05, 0.1) is 47.2 Å². The van der Waals surface area contributed by atoms with Crippen LogP contribution in [0.1, 0.15) is 107 Å². The summed E-state index contributed by atoms with van der Waals surface area (Å²) in [5.41, 5.74) is 18.1. The smallest absolute Gasteiger partial charge is 0.248 e. The van der Waals surface area contributed by atoms with Crippen molar-refractivity contribution < 1.29 is 23.9 Å². The summed E-state index contributed by atoms with van der Waals surface area (Å²) in [5.74, 6) is -0.203. The molecule has 71 heavy (non-hydrogen) atoms. The van der Waals surface area contributed by atoms with Crippen LogP contribution in [0.3, 0.4) is 0 Å². The third kappa shape index (κ3) is 12.5. The number of unbranched alkanes of at least 4 members (excludes halogenated alkanes) is 1. The number of nitrogens with two attached hydrogens (primary N) is 1. The molecule has 2 aliphatic heterocycles. The molecular formula is C54H71N11O5S. The van der Waals surface area contributed by atoms with Crippen molar-refractivity contribution in [3.63, 3.8) is 0 Å². The zero-order chi connectivity index (χ0) is 51.9. The summed E-state index contributed by atoms with van der Waals surface area (Å²) in [6, 6.07) is 7.29. The number of nitrogens with zero attached hydrogens (tertiary/aromatic N) is 6. The summed E-state index contributed by atoms with van der Waals surface area (Å²) >= 11 is 4.54. The predicted molar refractivity (Wildman–Crippen MR) is 288 cm³/mol. The van der Waals surface area contributed by atoms with Gasteiger partial charge in [0, 0.05) is 77.4 Å². The van der Waals surface area contributed by atoms with Crippen LogP contribution in [0.5, 0.6) is 0 Å². The highest BCUT2D eigenvalue weighted by Crippen LogP contribution is 2.38. The standard InChI is InChI=1S/C54H71N11O5S/c1-13-38-25-40(34(6)56-12)27-45-49(38)63(37(9)61-45)20-16-17-21-64-50-39(26-41(51(55)68)28-46(50)62-53(64)60-35(7)42-23-31(3)58-44(42)14-2)19-15-18-22-70-36(8)33(5)59-47(66)29-57-48(67)30-65-32(4)24-43(52(65)69)54(10,11)71/h16-17,25-28,33,43,56,71H,4,6-8,13-15,18-24,29-30H2,1-3,5,9-12H3,(H2,55,68)(H,57,67)(H,59,66)(H,60,62)/b17-16+. The number of thiol groups is 1. The average molecular weight is 986 g/mol. The van der Waals surface area contributed by atoms with Crippen LogP contribution in [-0.4, -0.2) is 90.9 Å². The maximum atomic E-state index is 12.9. The molecule has 2 unspecified atom stereocenters. The second-order valence-electron chi connectivity index (χ2n) is 18.9. The fourth-order valence-electron chi connectivity index (χ4n) is 9.10. The zero-order valence-corrected chi connectivity index (χ0v) is 43.6. The maximum Gasteiger partial charge on any atom is 0.248 e. The minimum absolute atomic E-state index is 0.207. The molecule has 0 saturated carbocycles. The molecule has 17 heteroatoms. The Morgan fingerprint density at radius 3 is 2.25 bits per heavy atom. The van der Waals surface area contributed by atoms with Gasteiger partial charge < -0.3 is 45.8 Å². The number of aliphatic imine (C=N–C) groups is 1. The third-order valence-corrected chi connectivity index (χ3v) is 13.4. The highest BCUT2D eigenvalue weighted by molar-refractivity contribution is 7.81. The Hall–Kier alpha value is -6.88. The SMILES string of the molecule is C=C(Nc1nc2cc(C(N)=O)cc(CCCCOC(=C)C(C)NC(=O)CNC(=O)CN3C(=C)CC(C(C)(C)S)C3=O)c2n1C/C=C/Cn1c(C)nc2cc(C(=C)NC)cc(CC)c21)C1=C(CC)N=C(C)C1. The van der Waals surface area contributed by atoms with Crippen LogP contribution in [0.2, 0.25) is 0 Å². The van der Waals surface area contributed by atoms with E-state index in [1.807, 2.05) is 40.8 Å². The molecule has 2 aromatic heterocycles. The van der Waals surface area contributed by atoms with Crippen LogP contribution in [0.15, 0.2) is 96.1 Å². The first-order valence-corrected chi connectivity index (χ1v) is 24.8. The van der Waals surface area contributed by atoms with Crippen LogP contribution < -0.4 is 27.0 Å². The molecule has 1 saturated heterocycles. The quantitative estimate of drug-likeness (QED) is 0.0166. The fourth-order valence-corrected chi connectivity index (χ4v) is 9.30. The Kier molecular flexibility index (Phi) is 17.3. The van der Waals surface area contributed by atoms with Gasteiger partial charge in [-0.25, -0.2) is 9.97 Å². The molecule has 2 aromatic carbocycles. The van der Waals surface area contributed by atoms with Crippen molar-refractivity contribution in [2.24, 2.45) is 16.6 Å². The third-order valence-electron chi connectivity index (χ3n) is 13.1. The molecule has 2 aliphatic rings. The number of hydrogen-bond acceptors (Lipinski definition) is 11. The van der Waals surface area contributed by atoms with E-state index in [2.05, 4.69) is 107 Å². The molecule has 0 bridgehead atoms. The van der Waals surface area contributed by atoms with E-state index in [9.17, 15) is 19.2 Å². The molecule has 2 atom stereocenters. The van der Waals surface area contributed by atoms with E-state index >= 15 is 0 Å². The van der Waals surface area contributed by atoms with Gasteiger partial charge in [0.15, 0.2) is 0 Å². The number of aryl methyl sites for hydroxylation is 3. The van der Waals surface area contributed by atoms with Crippen LogP contribution in [-0.2, 0) is 45.1 Å². The van der Waals surface area contributed by atoms with E-state index in [0.717, 1.165) is 69.0 Å². The van der Waals surface area contributed by atoms with E-state index in [0.29, 0.717) is 86.0 Å². The van der Waals surface area contributed by atoms with Crippen molar-refractivity contribution in [1.82, 2.24) is 40.0 Å². The predicted octanol–water partition coefficient (Wildman–Crippen LogP) is 7.80. The first-order chi connectivity index (χ1) is 33.6.